The van der Waals surface area contributed by atoms with Crippen molar-refractivity contribution in [3.05, 3.63) is 11.3 Å². The summed E-state index contributed by atoms with van der Waals surface area (Å²) in [5.41, 5.74) is 1.55. The Morgan fingerprint density at radius 1 is 1.09 bits per heavy atom. The zero-order valence-electron chi connectivity index (χ0n) is 14.3. The van der Waals surface area contributed by atoms with Gasteiger partial charge >= 0.3 is 0 Å². The van der Waals surface area contributed by atoms with Gasteiger partial charge in [0.15, 0.2) is 11.5 Å². The van der Waals surface area contributed by atoms with Crippen molar-refractivity contribution in [2.45, 2.75) is 71.3 Å². The molecule has 7 atom stereocenters. The van der Waals surface area contributed by atoms with Gasteiger partial charge in [-0.3, -0.25) is 4.79 Å². The molecular formula is C20H28O3. The SMILES string of the molecule is C[C@]12CCC(=O)C(O)=C1CC[C@@H]1[C@@H]2CC[C@]2(C)[C@@H](O)C[C@H]3C[C@@]312. The minimum atomic E-state index is -0.117. The van der Waals surface area contributed by atoms with Crippen molar-refractivity contribution >= 4 is 5.78 Å². The summed E-state index contributed by atoms with van der Waals surface area (Å²) in [5, 5.41) is 21.0. The number of rotatable bonds is 0. The maximum absolute atomic E-state index is 12.0. The van der Waals surface area contributed by atoms with Crippen LogP contribution in [0.25, 0.3) is 0 Å². The molecule has 5 aliphatic carbocycles. The molecule has 0 amide bonds. The number of Topliss-reactive ketones (excluding diaryl/α,β-unsaturated/α-hetero) is 1. The molecule has 5 rings (SSSR count). The first-order chi connectivity index (χ1) is 10.8. The normalized spacial score (nSPS) is 57.4. The molecule has 4 saturated carbocycles. The van der Waals surface area contributed by atoms with Crippen LogP contribution in [0.15, 0.2) is 11.3 Å². The zero-order chi connectivity index (χ0) is 16.2. The standard InChI is InChI=1S/C20H28O3/c1-18-7-6-15(21)17(23)14(18)4-3-13-12(18)5-8-19(2)16(22)9-11-10-20(11,13)19/h11-13,16,22-23H,3-10H2,1-2H3/t11-,12-,13+,16-,18+,19+,20+/m0/s1. The minimum Gasteiger partial charge on any atom is -0.504 e. The van der Waals surface area contributed by atoms with E-state index < -0.39 is 0 Å². The first-order valence-corrected chi connectivity index (χ1v) is 9.48. The number of aliphatic hydroxyl groups excluding tert-OH is 2. The summed E-state index contributed by atoms with van der Waals surface area (Å²) >= 11 is 0. The van der Waals surface area contributed by atoms with Gasteiger partial charge in [0.1, 0.15) is 0 Å². The summed E-state index contributed by atoms with van der Waals surface area (Å²) in [6, 6.07) is 0. The quantitative estimate of drug-likeness (QED) is 0.715. The Morgan fingerprint density at radius 3 is 2.65 bits per heavy atom. The Morgan fingerprint density at radius 2 is 1.87 bits per heavy atom. The topological polar surface area (TPSA) is 57.5 Å². The van der Waals surface area contributed by atoms with E-state index in [0.29, 0.717) is 23.7 Å². The third kappa shape index (κ3) is 1.41. The Hall–Kier alpha value is -0.830. The van der Waals surface area contributed by atoms with Crippen LogP contribution in [0.2, 0.25) is 0 Å². The van der Waals surface area contributed by atoms with Crippen molar-refractivity contribution in [2.75, 3.05) is 0 Å². The monoisotopic (exact) mass is 316 g/mol. The van der Waals surface area contributed by atoms with Crippen molar-refractivity contribution in [1.29, 1.82) is 0 Å². The highest BCUT2D eigenvalue weighted by molar-refractivity contribution is 5.95. The molecule has 3 nitrogen and oxygen atoms in total. The summed E-state index contributed by atoms with van der Waals surface area (Å²) in [4.78, 5) is 12.0. The number of aliphatic hydroxyl groups is 2. The second-order valence-corrected chi connectivity index (χ2v) is 9.57. The first kappa shape index (κ1) is 14.5. The Balaban J connectivity index is 1.59. The lowest BCUT2D eigenvalue weighted by Gasteiger charge is -2.59. The van der Waals surface area contributed by atoms with E-state index >= 15 is 0 Å². The van der Waals surface area contributed by atoms with E-state index in [1.165, 1.54) is 6.42 Å². The number of hydrogen-bond donors (Lipinski definition) is 2. The van der Waals surface area contributed by atoms with Crippen LogP contribution < -0.4 is 0 Å². The largest absolute Gasteiger partial charge is 0.504 e. The third-order valence-electron chi connectivity index (χ3n) is 9.22. The minimum absolute atomic E-state index is 0.0116. The predicted molar refractivity (Wildman–Crippen MR) is 86.7 cm³/mol. The van der Waals surface area contributed by atoms with Gasteiger partial charge in [-0.15, -0.1) is 0 Å². The second kappa shape index (κ2) is 4.04. The molecular weight excluding hydrogens is 288 g/mol. The highest BCUT2D eigenvalue weighted by atomic mass is 16.3. The molecule has 0 saturated heterocycles. The van der Waals surface area contributed by atoms with Crippen molar-refractivity contribution in [3.8, 4) is 0 Å². The molecule has 0 aliphatic heterocycles. The van der Waals surface area contributed by atoms with Gasteiger partial charge in [-0.05, 0) is 84.5 Å². The van der Waals surface area contributed by atoms with E-state index in [1.807, 2.05) is 0 Å². The van der Waals surface area contributed by atoms with Crippen LogP contribution in [0.1, 0.15) is 65.2 Å². The average molecular weight is 316 g/mol. The molecule has 5 aliphatic rings. The van der Waals surface area contributed by atoms with Gasteiger partial charge in [-0.1, -0.05) is 13.8 Å². The summed E-state index contributed by atoms with van der Waals surface area (Å²) < 4.78 is 0. The fourth-order valence-electron chi connectivity index (χ4n) is 7.89. The van der Waals surface area contributed by atoms with Crippen LogP contribution in [0.5, 0.6) is 0 Å². The number of carbonyl (C=O) groups excluding carboxylic acids is 1. The Labute approximate surface area is 138 Å². The molecule has 0 bridgehead atoms. The molecule has 0 aromatic heterocycles. The van der Waals surface area contributed by atoms with Gasteiger partial charge in [-0.2, -0.15) is 0 Å². The molecule has 0 radical (unpaired) electrons. The second-order valence-electron chi connectivity index (χ2n) is 9.57. The summed E-state index contributed by atoms with van der Waals surface area (Å²) in [7, 11) is 0. The first-order valence-electron chi connectivity index (χ1n) is 9.48. The van der Waals surface area contributed by atoms with Gasteiger partial charge in [-0.25, -0.2) is 0 Å². The van der Waals surface area contributed by atoms with Crippen LogP contribution in [0.4, 0.5) is 0 Å². The van der Waals surface area contributed by atoms with Crippen molar-refractivity contribution in [2.24, 2.45) is 34.0 Å². The summed E-state index contributed by atoms with van der Waals surface area (Å²) in [6.45, 7) is 4.65. The van der Waals surface area contributed by atoms with Crippen molar-refractivity contribution in [3.63, 3.8) is 0 Å². The third-order valence-corrected chi connectivity index (χ3v) is 9.22. The van der Waals surface area contributed by atoms with Crippen LogP contribution in [-0.2, 0) is 4.79 Å². The fourth-order valence-corrected chi connectivity index (χ4v) is 7.89. The summed E-state index contributed by atoms with van der Waals surface area (Å²) in [6.07, 6.45) is 7.86. The molecule has 0 aromatic carbocycles. The highest BCUT2D eigenvalue weighted by Crippen LogP contribution is 2.82. The molecule has 4 fully saturated rings. The molecule has 2 N–H and O–H groups in total. The van der Waals surface area contributed by atoms with E-state index in [-0.39, 0.29) is 28.5 Å². The Bertz CT molecular complexity index is 637. The molecule has 3 heteroatoms. The van der Waals surface area contributed by atoms with Crippen molar-refractivity contribution in [1.82, 2.24) is 0 Å². The molecule has 126 valence electrons. The number of hydrogen-bond acceptors (Lipinski definition) is 3. The number of carbonyl (C=O) groups is 1. The lowest BCUT2D eigenvalue weighted by Crippen LogP contribution is -2.54. The molecule has 0 aromatic rings. The van der Waals surface area contributed by atoms with Gasteiger partial charge < -0.3 is 10.2 Å². The zero-order valence-corrected chi connectivity index (χ0v) is 14.3. The summed E-state index contributed by atoms with van der Waals surface area (Å²) in [5.74, 6) is 2.04. The lowest BCUT2D eigenvalue weighted by atomic mass is 9.45. The van der Waals surface area contributed by atoms with Gasteiger partial charge in [0.2, 0.25) is 0 Å². The average Bonchev–Trinajstić information content (AvgIpc) is 3.17. The van der Waals surface area contributed by atoms with Crippen LogP contribution in [0.3, 0.4) is 0 Å². The van der Waals surface area contributed by atoms with Gasteiger partial charge in [0.25, 0.3) is 0 Å². The van der Waals surface area contributed by atoms with Gasteiger partial charge in [0.05, 0.1) is 6.10 Å². The number of allylic oxidation sites excluding steroid dienone is 1. The molecule has 23 heavy (non-hydrogen) atoms. The molecule has 0 heterocycles. The predicted octanol–water partition coefficient (Wildman–Crippen LogP) is 3.76. The highest BCUT2D eigenvalue weighted by Gasteiger charge is 2.77. The van der Waals surface area contributed by atoms with Crippen molar-refractivity contribution < 1.29 is 15.0 Å². The number of ketones is 1. The number of fused-ring (bicyclic) bond motifs is 3. The maximum Gasteiger partial charge on any atom is 0.197 e. The maximum atomic E-state index is 12.0. The van der Waals surface area contributed by atoms with E-state index in [2.05, 4.69) is 13.8 Å². The van der Waals surface area contributed by atoms with Crippen LogP contribution >= 0.6 is 0 Å². The molecule has 1 spiro atoms. The fraction of sp³-hybridized carbons (Fsp3) is 0.850. The van der Waals surface area contributed by atoms with E-state index in [1.54, 1.807) is 0 Å². The smallest absolute Gasteiger partial charge is 0.197 e. The molecule has 0 unspecified atom stereocenters. The Kier molecular flexibility index (Phi) is 2.55. The van der Waals surface area contributed by atoms with E-state index in [4.69, 9.17) is 0 Å². The van der Waals surface area contributed by atoms with Crippen LogP contribution in [-0.4, -0.2) is 22.1 Å². The van der Waals surface area contributed by atoms with E-state index in [0.717, 1.165) is 50.0 Å². The van der Waals surface area contributed by atoms with Gasteiger partial charge in [0, 0.05) is 6.42 Å². The lowest BCUT2D eigenvalue weighted by molar-refractivity contribution is -0.124. The van der Waals surface area contributed by atoms with Crippen LogP contribution in [0, 0.1) is 34.0 Å². The van der Waals surface area contributed by atoms with E-state index in [9.17, 15) is 15.0 Å².